The number of likely N-dealkylation sites (tertiary alicyclic amines) is 1. The molecule has 0 aromatic heterocycles. The van der Waals surface area contributed by atoms with Crippen LogP contribution in [-0.4, -0.2) is 29.3 Å². The predicted octanol–water partition coefficient (Wildman–Crippen LogP) is 3.37. The molecule has 1 aromatic rings. The quantitative estimate of drug-likeness (QED) is 0.843. The molecule has 0 bridgehead atoms. The summed E-state index contributed by atoms with van der Waals surface area (Å²) in [7, 11) is 0. The van der Waals surface area contributed by atoms with E-state index in [-0.39, 0.29) is 18.4 Å². The minimum Gasteiger partial charge on any atom is -0.370 e. The fourth-order valence-electron chi connectivity index (χ4n) is 3.01. The van der Waals surface area contributed by atoms with E-state index in [1.165, 1.54) is 18.2 Å². The van der Waals surface area contributed by atoms with Gasteiger partial charge in [-0.05, 0) is 49.5 Å². The summed E-state index contributed by atoms with van der Waals surface area (Å²) in [5.74, 6) is -0.698. The van der Waals surface area contributed by atoms with Crippen LogP contribution in [0.1, 0.15) is 43.7 Å². The van der Waals surface area contributed by atoms with Crippen molar-refractivity contribution in [2.45, 2.75) is 44.8 Å². The Morgan fingerprint density at radius 3 is 2.44 bits per heavy atom. The lowest BCUT2D eigenvalue weighted by Crippen LogP contribution is -2.44. The molecule has 136 valence electrons. The number of carbonyl (C=O) groups is 2. The third-order valence-electron chi connectivity index (χ3n) is 4.35. The van der Waals surface area contributed by atoms with Crippen LogP contribution in [0.2, 0.25) is 0 Å². The largest absolute Gasteiger partial charge is 0.416 e. The molecule has 1 unspecified atom stereocenters. The fraction of sp³-hybridized carbons (Fsp3) is 0.444. The average Bonchev–Trinajstić information content (AvgIpc) is 2.54. The smallest absolute Gasteiger partial charge is 0.370 e. The maximum atomic E-state index is 12.6. The Labute approximate surface area is 144 Å². The zero-order chi connectivity index (χ0) is 18.6. The summed E-state index contributed by atoms with van der Waals surface area (Å²) < 4.78 is 37.8. The maximum Gasteiger partial charge on any atom is 0.416 e. The topological polar surface area (TPSA) is 63.4 Å². The summed E-state index contributed by atoms with van der Waals surface area (Å²) in [6.07, 6.45) is -0.345. The van der Waals surface area contributed by atoms with Crippen molar-refractivity contribution in [2.75, 3.05) is 6.54 Å². The van der Waals surface area contributed by atoms with Gasteiger partial charge in [0, 0.05) is 25.1 Å². The molecule has 0 saturated carbocycles. The van der Waals surface area contributed by atoms with Crippen LogP contribution in [0.5, 0.6) is 0 Å². The first-order valence-corrected chi connectivity index (χ1v) is 8.13. The number of nitrogens with two attached hydrogens (primary N) is 1. The summed E-state index contributed by atoms with van der Waals surface area (Å²) in [6, 6.07) is 4.47. The van der Waals surface area contributed by atoms with Crippen molar-refractivity contribution in [3.05, 3.63) is 41.5 Å². The number of halogens is 3. The summed E-state index contributed by atoms with van der Waals surface area (Å²) in [5.41, 5.74) is 5.63. The Morgan fingerprint density at radius 2 is 1.88 bits per heavy atom. The number of hydrogen-bond donors (Lipinski definition) is 1. The van der Waals surface area contributed by atoms with Crippen LogP contribution in [0.15, 0.2) is 30.3 Å². The van der Waals surface area contributed by atoms with Gasteiger partial charge in [-0.3, -0.25) is 9.59 Å². The van der Waals surface area contributed by atoms with Crippen LogP contribution in [0, 0.1) is 0 Å². The second kappa shape index (κ2) is 7.72. The standard InChI is InChI=1S/C18H21F3N2O2/c1-12(13-5-7-14(8-6-13)18(19,20)21)10-17(25)23-9-3-2-4-15(23)11-16(22)24/h5-8,10,15H,2-4,9,11H2,1H3,(H2,22,24)/b12-10-. The summed E-state index contributed by atoms with van der Waals surface area (Å²) in [4.78, 5) is 25.3. The van der Waals surface area contributed by atoms with Crippen LogP contribution in [0.3, 0.4) is 0 Å². The number of amides is 2. The number of nitrogens with zero attached hydrogens (tertiary/aromatic N) is 1. The van der Waals surface area contributed by atoms with E-state index in [9.17, 15) is 22.8 Å². The Balaban J connectivity index is 2.14. The van der Waals surface area contributed by atoms with E-state index in [4.69, 9.17) is 5.73 Å². The van der Waals surface area contributed by atoms with Gasteiger partial charge in [-0.2, -0.15) is 13.2 Å². The highest BCUT2D eigenvalue weighted by Gasteiger charge is 2.30. The van der Waals surface area contributed by atoms with Gasteiger partial charge in [0.25, 0.3) is 0 Å². The van der Waals surface area contributed by atoms with Crippen LogP contribution in [0.25, 0.3) is 5.57 Å². The highest BCUT2D eigenvalue weighted by Crippen LogP contribution is 2.30. The number of primary amides is 1. The van der Waals surface area contributed by atoms with Crippen molar-refractivity contribution < 1.29 is 22.8 Å². The van der Waals surface area contributed by atoms with Crippen LogP contribution in [-0.2, 0) is 15.8 Å². The summed E-state index contributed by atoms with van der Waals surface area (Å²) in [5, 5.41) is 0. The van der Waals surface area contributed by atoms with E-state index in [1.54, 1.807) is 11.8 Å². The second-order valence-corrected chi connectivity index (χ2v) is 6.25. The minimum atomic E-state index is -4.39. The first-order chi connectivity index (χ1) is 11.7. The van der Waals surface area contributed by atoms with Gasteiger partial charge in [-0.1, -0.05) is 12.1 Å². The number of carbonyl (C=O) groups excluding carboxylic acids is 2. The normalized spacial score (nSPS) is 19.0. The Bertz CT molecular complexity index is 666. The van der Waals surface area contributed by atoms with Gasteiger partial charge >= 0.3 is 6.18 Å². The van der Waals surface area contributed by atoms with Gasteiger partial charge < -0.3 is 10.6 Å². The van der Waals surface area contributed by atoms with Crippen molar-refractivity contribution >= 4 is 17.4 Å². The molecule has 0 aliphatic carbocycles. The van der Waals surface area contributed by atoms with Gasteiger partial charge in [-0.15, -0.1) is 0 Å². The molecule has 1 heterocycles. The number of piperidine rings is 1. The van der Waals surface area contributed by atoms with Crippen molar-refractivity contribution in [1.29, 1.82) is 0 Å². The molecule has 1 aliphatic rings. The molecule has 1 atom stereocenters. The SMILES string of the molecule is C/C(=C/C(=O)N1CCCCC1CC(N)=O)c1ccc(C(F)(F)F)cc1. The van der Waals surface area contributed by atoms with Gasteiger partial charge in [0.05, 0.1) is 5.56 Å². The van der Waals surface area contributed by atoms with Gasteiger partial charge in [0.15, 0.2) is 0 Å². The minimum absolute atomic E-state index is 0.124. The molecule has 7 heteroatoms. The molecule has 4 nitrogen and oxygen atoms in total. The maximum absolute atomic E-state index is 12.6. The molecule has 0 radical (unpaired) electrons. The molecule has 1 fully saturated rings. The monoisotopic (exact) mass is 354 g/mol. The van der Waals surface area contributed by atoms with Crippen molar-refractivity contribution in [1.82, 2.24) is 4.90 Å². The van der Waals surface area contributed by atoms with E-state index in [2.05, 4.69) is 0 Å². The van der Waals surface area contributed by atoms with Crippen molar-refractivity contribution in [2.24, 2.45) is 5.73 Å². The molecule has 2 rings (SSSR count). The molecule has 1 aromatic carbocycles. The molecular formula is C18H21F3N2O2. The summed E-state index contributed by atoms with van der Waals surface area (Å²) in [6.45, 7) is 2.22. The number of hydrogen-bond acceptors (Lipinski definition) is 2. The predicted molar refractivity (Wildman–Crippen MR) is 88.3 cm³/mol. The van der Waals surface area contributed by atoms with Crippen LogP contribution in [0.4, 0.5) is 13.2 Å². The van der Waals surface area contributed by atoms with Gasteiger partial charge in [0.2, 0.25) is 11.8 Å². The molecule has 0 spiro atoms. The van der Waals surface area contributed by atoms with Gasteiger partial charge in [0.1, 0.15) is 0 Å². The van der Waals surface area contributed by atoms with E-state index >= 15 is 0 Å². The molecule has 25 heavy (non-hydrogen) atoms. The number of allylic oxidation sites excluding steroid dienone is 1. The Morgan fingerprint density at radius 1 is 1.24 bits per heavy atom. The third-order valence-corrected chi connectivity index (χ3v) is 4.35. The van der Waals surface area contributed by atoms with E-state index < -0.39 is 17.6 Å². The molecule has 2 N–H and O–H groups in total. The lowest BCUT2D eigenvalue weighted by molar-refractivity contribution is -0.137. The Hall–Kier alpha value is -2.31. The lowest BCUT2D eigenvalue weighted by atomic mass is 9.98. The molecule has 1 aliphatic heterocycles. The van der Waals surface area contributed by atoms with Crippen LogP contribution < -0.4 is 5.73 Å². The molecule has 1 saturated heterocycles. The summed E-state index contributed by atoms with van der Waals surface area (Å²) >= 11 is 0. The number of alkyl halides is 3. The van der Waals surface area contributed by atoms with E-state index in [0.29, 0.717) is 17.7 Å². The Kier molecular flexibility index (Phi) is 5.87. The third kappa shape index (κ3) is 5.08. The second-order valence-electron chi connectivity index (χ2n) is 6.25. The van der Waals surface area contributed by atoms with Crippen molar-refractivity contribution in [3.8, 4) is 0 Å². The molecular weight excluding hydrogens is 333 g/mol. The molecule has 2 amide bonds. The highest BCUT2D eigenvalue weighted by atomic mass is 19.4. The number of benzene rings is 1. The first-order valence-electron chi connectivity index (χ1n) is 8.13. The van der Waals surface area contributed by atoms with E-state index in [1.807, 2.05) is 0 Å². The van der Waals surface area contributed by atoms with E-state index in [0.717, 1.165) is 31.4 Å². The zero-order valence-electron chi connectivity index (χ0n) is 14.0. The fourth-order valence-corrected chi connectivity index (χ4v) is 3.01. The highest BCUT2D eigenvalue weighted by molar-refractivity contribution is 5.95. The first kappa shape index (κ1) is 19.0. The lowest BCUT2D eigenvalue weighted by Gasteiger charge is -2.34. The van der Waals surface area contributed by atoms with Gasteiger partial charge in [-0.25, -0.2) is 0 Å². The van der Waals surface area contributed by atoms with Crippen molar-refractivity contribution in [3.63, 3.8) is 0 Å². The average molecular weight is 354 g/mol. The van der Waals surface area contributed by atoms with Crippen LogP contribution >= 0.6 is 0 Å². The number of rotatable bonds is 4. The zero-order valence-corrected chi connectivity index (χ0v) is 14.0.